The lowest BCUT2D eigenvalue weighted by atomic mass is 9.89. The Labute approximate surface area is 146 Å². The van der Waals surface area contributed by atoms with Gasteiger partial charge in [0.2, 0.25) is 0 Å². The number of hydrogen-bond acceptors (Lipinski definition) is 3. The predicted octanol–water partition coefficient (Wildman–Crippen LogP) is 2.71. The van der Waals surface area contributed by atoms with Gasteiger partial charge in [-0.3, -0.25) is 4.90 Å². The van der Waals surface area contributed by atoms with Gasteiger partial charge in [-0.05, 0) is 44.6 Å². The fourth-order valence-electron chi connectivity index (χ4n) is 4.14. The zero-order valence-corrected chi connectivity index (χ0v) is 14.9. The molecule has 126 valence electrons. The van der Waals surface area contributed by atoms with Gasteiger partial charge in [0.1, 0.15) is 6.04 Å². The average molecular weight is 343 g/mol. The van der Waals surface area contributed by atoms with Crippen molar-refractivity contribution in [3.05, 3.63) is 36.0 Å². The second-order valence-corrected chi connectivity index (χ2v) is 7.92. The third-order valence-electron chi connectivity index (χ3n) is 4.94. The van der Waals surface area contributed by atoms with Gasteiger partial charge in [0.25, 0.3) is 0 Å². The third kappa shape index (κ3) is 2.28. The van der Waals surface area contributed by atoms with Gasteiger partial charge in [-0.2, -0.15) is 0 Å². The molecule has 2 N–H and O–H groups in total. The summed E-state index contributed by atoms with van der Waals surface area (Å²) in [4.78, 5) is 17.8. The molecule has 1 aromatic heterocycles. The molecule has 1 aromatic carbocycles. The molecule has 24 heavy (non-hydrogen) atoms. The van der Waals surface area contributed by atoms with Crippen LogP contribution in [0.4, 0.5) is 0 Å². The van der Waals surface area contributed by atoms with Gasteiger partial charge in [-0.1, -0.05) is 18.2 Å². The Morgan fingerprint density at radius 1 is 1.33 bits per heavy atom. The van der Waals surface area contributed by atoms with Crippen LogP contribution in [-0.2, 0) is 16.0 Å². The first-order valence-corrected chi connectivity index (χ1v) is 8.59. The molecule has 6 heteroatoms. The van der Waals surface area contributed by atoms with Crippen LogP contribution in [0, 0.1) is 0 Å². The number of aromatic amines is 1. The Kier molecular flexibility index (Phi) is 3.19. The van der Waals surface area contributed by atoms with Crippen LogP contribution < -0.4 is 5.32 Å². The number of aromatic nitrogens is 1. The lowest BCUT2D eigenvalue weighted by Gasteiger charge is -2.48. The van der Waals surface area contributed by atoms with Crippen LogP contribution >= 0.6 is 12.2 Å². The first kappa shape index (κ1) is 15.4. The number of hydrogen-bond donors (Lipinski definition) is 2. The lowest BCUT2D eigenvalue weighted by molar-refractivity contribution is -0.153. The second kappa shape index (κ2) is 4.96. The minimum atomic E-state index is -0.681. The van der Waals surface area contributed by atoms with Crippen LogP contribution in [0.2, 0.25) is 0 Å². The summed E-state index contributed by atoms with van der Waals surface area (Å²) in [5.41, 5.74) is 1.30. The summed E-state index contributed by atoms with van der Waals surface area (Å²) in [6.07, 6.45) is 3.23. The average Bonchev–Trinajstić information content (AvgIpc) is 2.97. The van der Waals surface area contributed by atoms with Crippen molar-refractivity contribution in [2.75, 3.05) is 0 Å². The number of H-pyrrole nitrogens is 1. The quantitative estimate of drug-likeness (QED) is 0.649. The zero-order valence-electron chi connectivity index (χ0n) is 14.1. The van der Waals surface area contributed by atoms with E-state index in [-0.39, 0.29) is 11.5 Å². The van der Waals surface area contributed by atoms with Gasteiger partial charge in [0.15, 0.2) is 10.8 Å². The number of thiocarbonyl (C=S) groups is 1. The number of esters is 1. The Hall–Kier alpha value is -2.08. The number of benzene rings is 1. The van der Waals surface area contributed by atoms with Crippen molar-refractivity contribution in [2.24, 2.45) is 0 Å². The summed E-state index contributed by atoms with van der Waals surface area (Å²) < 4.78 is 5.78. The standard InChI is InChI=1S/C18H21N3O2S/c1-17(2)10-18(3)21(16(24)20-17)14(15(22)23-18)8-11-9-19-13-7-5-4-6-12(11)13/h4-7,9,14,19H,8,10H2,1-3H3,(H,20,24). The Morgan fingerprint density at radius 3 is 2.88 bits per heavy atom. The molecule has 4 rings (SSSR count). The Morgan fingerprint density at radius 2 is 2.08 bits per heavy atom. The summed E-state index contributed by atoms with van der Waals surface area (Å²) in [7, 11) is 0. The second-order valence-electron chi connectivity index (χ2n) is 7.54. The van der Waals surface area contributed by atoms with Crippen molar-refractivity contribution in [1.29, 1.82) is 0 Å². The van der Waals surface area contributed by atoms with Crippen LogP contribution in [0.25, 0.3) is 10.9 Å². The normalized spacial score (nSPS) is 28.6. The van der Waals surface area contributed by atoms with E-state index in [0.717, 1.165) is 16.5 Å². The van der Waals surface area contributed by atoms with Gasteiger partial charge < -0.3 is 15.0 Å². The van der Waals surface area contributed by atoms with Crippen molar-refractivity contribution < 1.29 is 9.53 Å². The SMILES string of the molecule is CC1(C)CC2(C)OC(=O)C(Cc3c[nH]c4ccccc34)N2C(=S)N1. The van der Waals surface area contributed by atoms with E-state index in [1.54, 1.807) is 0 Å². The van der Waals surface area contributed by atoms with Crippen LogP contribution in [0.1, 0.15) is 32.8 Å². The monoisotopic (exact) mass is 343 g/mol. The highest BCUT2D eigenvalue weighted by molar-refractivity contribution is 7.80. The molecule has 5 nitrogen and oxygen atoms in total. The largest absolute Gasteiger partial charge is 0.437 e. The summed E-state index contributed by atoms with van der Waals surface area (Å²) >= 11 is 5.56. The number of nitrogens with zero attached hydrogens (tertiary/aromatic N) is 1. The van der Waals surface area contributed by atoms with Crippen molar-refractivity contribution in [2.45, 2.75) is 50.9 Å². The molecule has 2 unspecified atom stereocenters. The van der Waals surface area contributed by atoms with E-state index in [2.05, 4.69) is 30.2 Å². The lowest BCUT2D eigenvalue weighted by Crippen LogP contribution is -2.66. The molecule has 0 saturated carbocycles. The molecular weight excluding hydrogens is 322 g/mol. The Balaban J connectivity index is 1.69. The molecular formula is C18H21N3O2S. The highest BCUT2D eigenvalue weighted by Crippen LogP contribution is 2.40. The van der Waals surface area contributed by atoms with Gasteiger partial charge >= 0.3 is 5.97 Å². The number of fused-ring (bicyclic) bond motifs is 2. The molecule has 2 aliphatic rings. The Bertz CT molecular complexity index is 844. The summed E-state index contributed by atoms with van der Waals surface area (Å²) in [6, 6.07) is 7.70. The van der Waals surface area contributed by atoms with Crippen molar-refractivity contribution in [3.63, 3.8) is 0 Å². The van der Waals surface area contributed by atoms with Crippen molar-refractivity contribution in [3.8, 4) is 0 Å². The highest BCUT2D eigenvalue weighted by Gasteiger charge is 2.56. The first-order chi connectivity index (χ1) is 11.3. The number of para-hydroxylation sites is 1. The van der Waals surface area contributed by atoms with E-state index < -0.39 is 11.8 Å². The van der Waals surface area contributed by atoms with Gasteiger partial charge in [-0.25, -0.2) is 4.79 Å². The molecule has 0 radical (unpaired) electrons. The number of nitrogens with one attached hydrogen (secondary N) is 2. The molecule has 0 amide bonds. The van der Waals surface area contributed by atoms with Crippen LogP contribution in [0.15, 0.2) is 30.5 Å². The number of carbonyl (C=O) groups is 1. The van der Waals surface area contributed by atoms with E-state index in [1.165, 1.54) is 0 Å². The number of carbonyl (C=O) groups excluding carboxylic acids is 1. The minimum absolute atomic E-state index is 0.196. The summed E-state index contributed by atoms with van der Waals surface area (Å²) in [5.74, 6) is -0.204. The molecule has 2 atom stereocenters. The maximum Gasteiger partial charge on any atom is 0.331 e. The molecule has 2 saturated heterocycles. The minimum Gasteiger partial charge on any atom is -0.437 e. The van der Waals surface area contributed by atoms with Crippen molar-refractivity contribution in [1.82, 2.24) is 15.2 Å². The highest BCUT2D eigenvalue weighted by atomic mass is 32.1. The fourth-order valence-corrected chi connectivity index (χ4v) is 4.74. The smallest absolute Gasteiger partial charge is 0.331 e. The van der Waals surface area contributed by atoms with E-state index in [1.807, 2.05) is 36.2 Å². The molecule has 0 bridgehead atoms. The van der Waals surface area contributed by atoms with Crippen LogP contribution in [0.3, 0.4) is 0 Å². The van der Waals surface area contributed by atoms with E-state index in [0.29, 0.717) is 18.0 Å². The molecule has 2 aromatic rings. The molecule has 2 fully saturated rings. The number of rotatable bonds is 2. The third-order valence-corrected chi connectivity index (χ3v) is 5.23. The molecule has 0 spiro atoms. The maximum atomic E-state index is 12.6. The van der Waals surface area contributed by atoms with Gasteiger partial charge in [-0.15, -0.1) is 0 Å². The van der Waals surface area contributed by atoms with Gasteiger partial charge in [0, 0.05) is 35.5 Å². The maximum absolute atomic E-state index is 12.6. The number of ether oxygens (including phenoxy) is 1. The fraction of sp³-hybridized carbons (Fsp3) is 0.444. The summed E-state index contributed by atoms with van der Waals surface area (Å²) in [5, 5.41) is 5.06. The van der Waals surface area contributed by atoms with Gasteiger partial charge in [0.05, 0.1) is 0 Å². The first-order valence-electron chi connectivity index (χ1n) is 8.18. The molecule has 2 aliphatic heterocycles. The molecule has 0 aliphatic carbocycles. The van der Waals surface area contributed by atoms with Crippen LogP contribution in [0.5, 0.6) is 0 Å². The topological polar surface area (TPSA) is 57.4 Å². The van der Waals surface area contributed by atoms with E-state index in [9.17, 15) is 4.79 Å². The van der Waals surface area contributed by atoms with Crippen molar-refractivity contribution >= 4 is 34.2 Å². The van der Waals surface area contributed by atoms with E-state index in [4.69, 9.17) is 17.0 Å². The van der Waals surface area contributed by atoms with Crippen LogP contribution in [-0.4, -0.2) is 38.3 Å². The molecule has 3 heterocycles. The predicted molar refractivity (Wildman–Crippen MR) is 96.6 cm³/mol. The zero-order chi connectivity index (χ0) is 17.1. The van der Waals surface area contributed by atoms with E-state index >= 15 is 0 Å². The summed E-state index contributed by atoms with van der Waals surface area (Å²) in [6.45, 7) is 6.10.